The number of nitrogens with zero attached hydrogens (tertiary/aromatic N) is 2. The molecule has 2 aromatic carbocycles. The fraction of sp³-hybridized carbons (Fsp3) is 0.136. The molecular weight excluding hydrogens is 404 g/mol. The minimum absolute atomic E-state index is 0.143. The first-order chi connectivity index (χ1) is 14.6. The van der Waals surface area contributed by atoms with Crippen LogP contribution in [-0.4, -0.2) is 23.3 Å². The zero-order valence-corrected chi connectivity index (χ0v) is 16.9. The average Bonchev–Trinajstić information content (AvgIpc) is 2.77. The van der Waals surface area contributed by atoms with Gasteiger partial charge < -0.3 is 20.6 Å². The third-order valence-electron chi connectivity index (χ3n) is 4.00. The van der Waals surface area contributed by atoms with Crippen molar-refractivity contribution >= 4 is 23.3 Å². The number of aromatic nitrogens is 1. The molecule has 7 nitrogen and oxygen atoms in total. The van der Waals surface area contributed by atoms with E-state index in [0.29, 0.717) is 29.5 Å². The molecule has 0 aliphatic rings. The molecule has 0 bridgehead atoms. The van der Waals surface area contributed by atoms with Gasteiger partial charge in [0, 0.05) is 35.1 Å². The molecule has 0 saturated carbocycles. The zero-order valence-electron chi connectivity index (χ0n) is 16.1. The van der Waals surface area contributed by atoms with Crippen LogP contribution < -0.4 is 15.8 Å². The molecule has 1 heterocycles. The lowest BCUT2D eigenvalue weighted by Gasteiger charge is -2.08. The number of hydrogen-bond acceptors (Lipinski definition) is 5. The number of halogens is 1. The number of nitrogens with two attached hydrogens (primary N) is 1. The van der Waals surface area contributed by atoms with Crippen molar-refractivity contribution in [3.63, 3.8) is 0 Å². The molecule has 3 N–H and O–H groups in total. The summed E-state index contributed by atoms with van der Waals surface area (Å²) in [6, 6.07) is 18.2. The lowest BCUT2D eigenvalue weighted by Crippen LogP contribution is -2.27. The largest absolute Gasteiger partial charge is 0.489 e. The standard InChI is InChI=1S/C22H21ClN4O3/c23-19-7-1-4-16(10-19)13-26-21(28)15-30-27-22(24)18-6-2-8-20(11-18)29-14-17-5-3-9-25-12-17/h1-12H,13-15H2,(H2,24,27)(H,26,28). The highest BCUT2D eigenvalue weighted by atomic mass is 35.5. The van der Waals surface area contributed by atoms with E-state index >= 15 is 0 Å². The first-order valence-electron chi connectivity index (χ1n) is 9.19. The second kappa shape index (κ2) is 10.8. The molecule has 8 heteroatoms. The van der Waals surface area contributed by atoms with E-state index in [0.717, 1.165) is 11.1 Å². The highest BCUT2D eigenvalue weighted by Gasteiger charge is 2.05. The van der Waals surface area contributed by atoms with Crippen molar-refractivity contribution in [2.45, 2.75) is 13.2 Å². The minimum Gasteiger partial charge on any atom is -0.489 e. The van der Waals surface area contributed by atoms with Gasteiger partial charge in [-0.3, -0.25) is 9.78 Å². The zero-order chi connectivity index (χ0) is 21.2. The van der Waals surface area contributed by atoms with E-state index in [-0.39, 0.29) is 18.3 Å². The molecule has 3 aromatic rings. The molecule has 0 aliphatic carbocycles. The fourth-order valence-electron chi connectivity index (χ4n) is 2.51. The number of hydrogen-bond donors (Lipinski definition) is 2. The molecule has 1 aromatic heterocycles. The second-order valence-electron chi connectivity index (χ2n) is 6.33. The number of benzene rings is 2. The van der Waals surface area contributed by atoms with Gasteiger partial charge in [-0.1, -0.05) is 47.1 Å². The van der Waals surface area contributed by atoms with Crippen LogP contribution in [0, 0.1) is 0 Å². The summed E-state index contributed by atoms with van der Waals surface area (Å²) in [5.74, 6) is 0.457. The Morgan fingerprint density at radius 2 is 1.93 bits per heavy atom. The Hall–Kier alpha value is -3.58. The number of ether oxygens (including phenoxy) is 1. The Morgan fingerprint density at radius 1 is 1.10 bits per heavy atom. The molecular formula is C22H21ClN4O3. The molecule has 0 aliphatic heterocycles. The van der Waals surface area contributed by atoms with Crippen molar-refractivity contribution in [1.82, 2.24) is 10.3 Å². The average molecular weight is 425 g/mol. The highest BCUT2D eigenvalue weighted by molar-refractivity contribution is 6.30. The summed E-state index contributed by atoms with van der Waals surface area (Å²) in [6.45, 7) is 0.481. The lowest BCUT2D eigenvalue weighted by molar-refractivity contribution is -0.125. The Bertz CT molecular complexity index is 1010. The monoisotopic (exact) mass is 424 g/mol. The molecule has 154 valence electrons. The van der Waals surface area contributed by atoms with Crippen LogP contribution in [0.5, 0.6) is 5.75 Å². The molecule has 3 rings (SSSR count). The number of carbonyl (C=O) groups is 1. The maximum absolute atomic E-state index is 11.9. The van der Waals surface area contributed by atoms with Crippen molar-refractivity contribution in [3.8, 4) is 5.75 Å². The summed E-state index contributed by atoms with van der Waals surface area (Å²) in [5, 5.41) is 7.15. The summed E-state index contributed by atoms with van der Waals surface area (Å²) in [5.41, 5.74) is 8.42. The van der Waals surface area contributed by atoms with Crippen molar-refractivity contribution in [1.29, 1.82) is 0 Å². The van der Waals surface area contributed by atoms with Gasteiger partial charge >= 0.3 is 0 Å². The topological polar surface area (TPSA) is 98.8 Å². The van der Waals surface area contributed by atoms with Gasteiger partial charge in [0.05, 0.1) is 0 Å². The van der Waals surface area contributed by atoms with Gasteiger partial charge in [-0.25, -0.2) is 0 Å². The van der Waals surface area contributed by atoms with E-state index in [1.165, 1.54) is 0 Å². The Labute approximate surface area is 179 Å². The van der Waals surface area contributed by atoms with Crippen LogP contribution >= 0.6 is 11.6 Å². The molecule has 30 heavy (non-hydrogen) atoms. The minimum atomic E-state index is -0.319. The van der Waals surface area contributed by atoms with Gasteiger partial charge in [-0.2, -0.15) is 0 Å². The van der Waals surface area contributed by atoms with E-state index in [1.807, 2.05) is 30.3 Å². The van der Waals surface area contributed by atoms with E-state index < -0.39 is 0 Å². The first-order valence-corrected chi connectivity index (χ1v) is 9.56. The normalized spacial score (nSPS) is 11.0. The summed E-state index contributed by atoms with van der Waals surface area (Å²) < 4.78 is 5.74. The Balaban J connectivity index is 1.47. The molecule has 0 saturated heterocycles. The van der Waals surface area contributed by atoms with Gasteiger partial charge in [0.2, 0.25) is 0 Å². The van der Waals surface area contributed by atoms with Crippen LogP contribution in [0.4, 0.5) is 0 Å². The van der Waals surface area contributed by atoms with Crippen LogP contribution in [0.2, 0.25) is 5.02 Å². The number of pyridine rings is 1. The summed E-state index contributed by atoms with van der Waals surface area (Å²) in [4.78, 5) is 21.0. The third-order valence-corrected chi connectivity index (χ3v) is 4.23. The number of carbonyl (C=O) groups excluding carboxylic acids is 1. The number of nitrogens with one attached hydrogen (secondary N) is 1. The van der Waals surface area contributed by atoms with Gasteiger partial charge in [0.25, 0.3) is 5.91 Å². The molecule has 0 spiro atoms. The van der Waals surface area contributed by atoms with E-state index in [9.17, 15) is 4.79 Å². The second-order valence-corrected chi connectivity index (χ2v) is 6.77. The quantitative estimate of drug-likeness (QED) is 0.312. The van der Waals surface area contributed by atoms with Crippen LogP contribution in [0.25, 0.3) is 0 Å². The van der Waals surface area contributed by atoms with Gasteiger partial charge in [-0.05, 0) is 35.9 Å². The number of oxime groups is 1. The smallest absolute Gasteiger partial charge is 0.261 e. The van der Waals surface area contributed by atoms with Crippen molar-refractivity contribution in [2.75, 3.05) is 6.61 Å². The Morgan fingerprint density at radius 3 is 2.73 bits per heavy atom. The number of amides is 1. The van der Waals surface area contributed by atoms with Crippen LogP contribution in [0.15, 0.2) is 78.2 Å². The van der Waals surface area contributed by atoms with Crippen molar-refractivity contribution in [3.05, 3.63) is 94.8 Å². The predicted molar refractivity (Wildman–Crippen MR) is 115 cm³/mol. The molecule has 0 unspecified atom stereocenters. The highest BCUT2D eigenvalue weighted by Crippen LogP contribution is 2.15. The Kier molecular flexibility index (Phi) is 7.63. The van der Waals surface area contributed by atoms with Gasteiger partial charge in [0.1, 0.15) is 12.4 Å². The maximum Gasteiger partial charge on any atom is 0.261 e. The maximum atomic E-state index is 11.9. The van der Waals surface area contributed by atoms with E-state index in [4.69, 9.17) is 26.9 Å². The van der Waals surface area contributed by atoms with Crippen LogP contribution in [0.1, 0.15) is 16.7 Å². The molecule has 1 amide bonds. The van der Waals surface area contributed by atoms with Crippen LogP contribution in [0.3, 0.4) is 0 Å². The summed E-state index contributed by atoms with van der Waals surface area (Å²) in [6.07, 6.45) is 3.45. The first kappa shape index (κ1) is 21.1. The number of amidine groups is 1. The SMILES string of the molecule is N/C(=N\OCC(=O)NCc1cccc(Cl)c1)c1cccc(OCc2cccnc2)c1. The van der Waals surface area contributed by atoms with Gasteiger partial charge in [0.15, 0.2) is 12.4 Å². The van der Waals surface area contributed by atoms with Gasteiger partial charge in [-0.15, -0.1) is 0 Å². The summed E-state index contributed by atoms with van der Waals surface area (Å²) in [7, 11) is 0. The van der Waals surface area contributed by atoms with E-state index in [2.05, 4.69) is 15.5 Å². The fourth-order valence-corrected chi connectivity index (χ4v) is 2.72. The summed E-state index contributed by atoms with van der Waals surface area (Å²) >= 11 is 5.92. The predicted octanol–water partition coefficient (Wildman–Crippen LogP) is 3.27. The molecule has 0 atom stereocenters. The lowest BCUT2D eigenvalue weighted by atomic mass is 10.2. The third kappa shape index (κ3) is 6.79. The van der Waals surface area contributed by atoms with Crippen molar-refractivity contribution < 1.29 is 14.4 Å². The van der Waals surface area contributed by atoms with E-state index in [1.54, 1.807) is 42.7 Å². The molecule has 0 fully saturated rings. The number of rotatable bonds is 9. The van der Waals surface area contributed by atoms with Crippen molar-refractivity contribution in [2.24, 2.45) is 10.9 Å². The van der Waals surface area contributed by atoms with Crippen LogP contribution in [-0.2, 0) is 22.8 Å². The molecule has 0 radical (unpaired) electrons.